The summed E-state index contributed by atoms with van der Waals surface area (Å²) in [5, 5.41) is 6.47. The molecule has 6 heterocycles. The van der Waals surface area contributed by atoms with Crippen LogP contribution in [0.4, 0.5) is 0 Å². The average molecular weight is 864 g/mol. The molecule has 0 N–H and O–H groups in total. The van der Waals surface area contributed by atoms with E-state index in [4.69, 9.17) is 39.4 Å². The molecule has 0 fully saturated rings. The number of benzene rings is 8. The topological polar surface area (TPSA) is 111 Å². The van der Waals surface area contributed by atoms with Gasteiger partial charge in [0, 0.05) is 69.0 Å². The van der Waals surface area contributed by atoms with Crippen LogP contribution in [0.15, 0.2) is 201 Å². The summed E-state index contributed by atoms with van der Waals surface area (Å²) in [6.07, 6.45) is 7.17. The molecule has 0 saturated heterocycles. The fourth-order valence-electron chi connectivity index (χ4n) is 9.63. The van der Waals surface area contributed by atoms with Crippen LogP contribution in [-0.2, 0) is 0 Å². The molecule has 0 unspecified atom stereocenters. The molecule has 14 aromatic rings. The Morgan fingerprint density at radius 3 is 1.09 bits per heavy atom. The Kier molecular flexibility index (Phi) is 8.01. The van der Waals surface area contributed by atoms with E-state index in [1.165, 1.54) is 0 Å². The van der Waals surface area contributed by atoms with Crippen LogP contribution in [0.3, 0.4) is 0 Å². The van der Waals surface area contributed by atoms with Crippen LogP contribution in [0.1, 0.15) is 0 Å². The van der Waals surface area contributed by atoms with Crippen molar-refractivity contribution in [3.8, 4) is 40.6 Å². The normalized spacial score (nSPS) is 11.9. The van der Waals surface area contributed by atoms with E-state index >= 15 is 0 Å². The van der Waals surface area contributed by atoms with Crippen molar-refractivity contribution in [3.05, 3.63) is 201 Å². The van der Waals surface area contributed by atoms with Gasteiger partial charge in [-0.05, 0) is 91.0 Å². The van der Waals surface area contributed by atoms with Crippen molar-refractivity contribution in [2.24, 2.45) is 0 Å². The quantitative estimate of drug-likeness (QED) is 0.156. The molecule has 0 spiro atoms. The Balaban J connectivity index is 0.859. The Labute approximate surface area is 380 Å². The molecule has 6 aromatic heterocycles. The zero-order valence-corrected chi connectivity index (χ0v) is 35.4. The second kappa shape index (κ2) is 14.5. The Morgan fingerprint density at radius 1 is 0.299 bits per heavy atom. The molecule has 8 aromatic carbocycles. The molecule has 0 aliphatic carbocycles. The van der Waals surface area contributed by atoms with Crippen LogP contribution in [0.2, 0.25) is 0 Å². The van der Waals surface area contributed by atoms with E-state index in [1.54, 1.807) is 12.4 Å². The molecule has 0 bridgehead atoms. The summed E-state index contributed by atoms with van der Waals surface area (Å²) in [7, 11) is 0. The zero-order chi connectivity index (χ0) is 44.0. The fourth-order valence-corrected chi connectivity index (χ4v) is 9.63. The average Bonchev–Trinajstić information content (AvgIpc) is 4.01. The molecule has 0 amide bonds. The molecule has 0 aliphatic rings. The van der Waals surface area contributed by atoms with Gasteiger partial charge < -0.3 is 9.47 Å². The first-order valence-electron chi connectivity index (χ1n) is 21.9. The predicted octanol–water partition coefficient (Wildman–Crippen LogP) is 13.2. The molecule has 11 nitrogen and oxygen atoms in total. The SMILES string of the molecule is c1cnc(-n2c3cc(Oc4ccc5c6ccccc6n(-c6cnc7ccccc7n6)c5c4)ccc3c3ccc(Oc4ccc5c6ccccc6n(-c6cnc7ccccc7n6)c5c4)cc32)nc1. The Morgan fingerprint density at radius 2 is 0.657 bits per heavy atom. The van der Waals surface area contributed by atoms with E-state index in [-0.39, 0.29) is 0 Å². The lowest BCUT2D eigenvalue weighted by molar-refractivity contribution is 0.484. The van der Waals surface area contributed by atoms with Crippen LogP contribution >= 0.6 is 0 Å². The van der Waals surface area contributed by atoms with Crippen molar-refractivity contribution in [1.82, 2.24) is 43.6 Å². The van der Waals surface area contributed by atoms with Crippen molar-refractivity contribution in [1.29, 1.82) is 0 Å². The minimum atomic E-state index is 0.529. The number of para-hydroxylation sites is 6. The van der Waals surface area contributed by atoms with E-state index < -0.39 is 0 Å². The van der Waals surface area contributed by atoms with Crippen LogP contribution < -0.4 is 9.47 Å². The van der Waals surface area contributed by atoms with Gasteiger partial charge in [0.2, 0.25) is 5.95 Å². The highest BCUT2D eigenvalue weighted by molar-refractivity contribution is 6.12. The van der Waals surface area contributed by atoms with E-state index in [2.05, 4.69) is 86.5 Å². The first-order valence-corrected chi connectivity index (χ1v) is 21.9. The smallest absolute Gasteiger partial charge is 0.234 e. The third-order valence-electron chi connectivity index (χ3n) is 12.6. The highest BCUT2D eigenvalue weighted by atomic mass is 16.5. The summed E-state index contributed by atoms with van der Waals surface area (Å²) in [6, 6.07) is 59.1. The molecular weight excluding hydrogens is 831 g/mol. The summed E-state index contributed by atoms with van der Waals surface area (Å²) < 4.78 is 19.8. The maximum atomic E-state index is 6.72. The molecule has 67 heavy (non-hydrogen) atoms. The zero-order valence-electron chi connectivity index (χ0n) is 35.4. The molecule has 0 aliphatic heterocycles. The third kappa shape index (κ3) is 5.92. The van der Waals surface area contributed by atoms with Crippen LogP contribution in [0.5, 0.6) is 23.0 Å². The summed E-state index contributed by atoms with van der Waals surface area (Å²) in [5.41, 5.74) is 9.14. The van der Waals surface area contributed by atoms with E-state index in [0.717, 1.165) is 99.1 Å². The number of hydrogen-bond acceptors (Lipinski definition) is 8. The van der Waals surface area contributed by atoms with Gasteiger partial charge in [0.05, 0.1) is 67.6 Å². The van der Waals surface area contributed by atoms with Gasteiger partial charge in [0.15, 0.2) is 11.6 Å². The van der Waals surface area contributed by atoms with E-state index in [9.17, 15) is 0 Å². The molecular formula is C56H33N9O2. The minimum absolute atomic E-state index is 0.529. The summed E-state index contributed by atoms with van der Waals surface area (Å²) in [6.45, 7) is 0. The number of aromatic nitrogens is 9. The summed E-state index contributed by atoms with van der Waals surface area (Å²) in [4.78, 5) is 29.0. The van der Waals surface area contributed by atoms with Crippen molar-refractivity contribution in [2.75, 3.05) is 0 Å². The number of nitrogens with zero attached hydrogens (tertiary/aromatic N) is 9. The molecule has 14 rings (SSSR count). The van der Waals surface area contributed by atoms with Gasteiger partial charge in [-0.25, -0.2) is 19.9 Å². The number of fused-ring (bicyclic) bond motifs is 11. The number of rotatable bonds is 7. The highest BCUT2D eigenvalue weighted by Gasteiger charge is 2.20. The lowest BCUT2D eigenvalue weighted by Gasteiger charge is -2.11. The predicted molar refractivity (Wildman–Crippen MR) is 264 cm³/mol. The minimum Gasteiger partial charge on any atom is -0.457 e. The second-order valence-electron chi connectivity index (χ2n) is 16.4. The molecule has 11 heteroatoms. The maximum Gasteiger partial charge on any atom is 0.234 e. The van der Waals surface area contributed by atoms with E-state index in [0.29, 0.717) is 28.9 Å². The van der Waals surface area contributed by atoms with Crippen molar-refractivity contribution in [2.45, 2.75) is 0 Å². The number of ether oxygens (including phenoxy) is 2. The van der Waals surface area contributed by atoms with Crippen LogP contribution in [-0.4, -0.2) is 43.6 Å². The maximum absolute atomic E-state index is 6.72. The summed E-state index contributed by atoms with van der Waals surface area (Å²) >= 11 is 0. The molecule has 0 saturated carbocycles. The molecule has 314 valence electrons. The van der Waals surface area contributed by atoms with Crippen molar-refractivity contribution < 1.29 is 9.47 Å². The summed E-state index contributed by atoms with van der Waals surface area (Å²) in [5.74, 6) is 4.69. The molecule has 0 radical (unpaired) electrons. The van der Waals surface area contributed by atoms with Crippen molar-refractivity contribution in [3.63, 3.8) is 0 Å². The monoisotopic (exact) mass is 863 g/mol. The molecule has 0 atom stereocenters. The van der Waals surface area contributed by atoms with Gasteiger partial charge in [-0.1, -0.05) is 60.7 Å². The third-order valence-corrected chi connectivity index (χ3v) is 12.6. The number of hydrogen-bond donors (Lipinski definition) is 0. The van der Waals surface area contributed by atoms with Crippen molar-refractivity contribution >= 4 is 87.5 Å². The van der Waals surface area contributed by atoms with Gasteiger partial charge in [-0.3, -0.25) is 23.7 Å². The first kappa shape index (κ1) is 36.9. The standard InChI is InChI=1S/C56H33N9O2/c1-7-16-48-38(10-1)40-22-18-34(28-50(40)63(48)54-32-59-44-12-3-5-14-46(44)61-54)66-36-20-24-42-43-25-21-37(31-53(43)65(52(42)30-36)56-57-26-9-27-58-56)67-35-19-23-41-39-11-2-8-17-49(39)64(51(41)29-35)55-33-60-45-13-4-6-15-47(45)62-55/h1-33H. The van der Waals surface area contributed by atoms with E-state index in [1.807, 2.05) is 116 Å². The lowest BCUT2D eigenvalue weighted by Crippen LogP contribution is -2.00. The van der Waals surface area contributed by atoms with Gasteiger partial charge in [0.1, 0.15) is 23.0 Å². The first-order chi connectivity index (χ1) is 33.2. The van der Waals surface area contributed by atoms with Gasteiger partial charge >= 0.3 is 0 Å². The fraction of sp³-hybridized carbons (Fsp3) is 0. The van der Waals surface area contributed by atoms with Crippen LogP contribution in [0, 0.1) is 0 Å². The lowest BCUT2D eigenvalue weighted by atomic mass is 10.1. The van der Waals surface area contributed by atoms with Gasteiger partial charge in [-0.2, -0.15) is 0 Å². The van der Waals surface area contributed by atoms with Gasteiger partial charge in [-0.15, -0.1) is 0 Å². The largest absolute Gasteiger partial charge is 0.457 e. The Bertz CT molecular complexity index is 4050. The van der Waals surface area contributed by atoms with Gasteiger partial charge in [0.25, 0.3) is 0 Å². The second-order valence-corrected chi connectivity index (χ2v) is 16.4. The Hall–Kier alpha value is -9.48. The van der Waals surface area contributed by atoms with Crippen LogP contribution in [0.25, 0.3) is 105 Å². The highest BCUT2D eigenvalue weighted by Crippen LogP contribution is 2.40.